The molecule has 0 aliphatic carbocycles. The van der Waals surface area contributed by atoms with Crippen LogP contribution in [0.3, 0.4) is 0 Å². The molecule has 1 aliphatic rings. The number of aryl methyl sites for hydroxylation is 1. The molecule has 0 amide bonds. The topological polar surface area (TPSA) is 56.7 Å². The van der Waals surface area contributed by atoms with E-state index >= 15 is 0 Å². The standard InChI is InChI=1S/C14H18N4S/c15-7-3-5-12-9-18(17-16-12)10-13-8-11-4-1-2-6-14(11)19-13/h1-2,4,6,9,13H,3,5,7-8,10,15H2. The normalized spacial score (nSPS) is 17.6. The van der Waals surface area contributed by atoms with Gasteiger partial charge in [-0.1, -0.05) is 23.4 Å². The van der Waals surface area contributed by atoms with Crippen molar-refractivity contribution < 1.29 is 0 Å². The predicted molar refractivity (Wildman–Crippen MR) is 77.2 cm³/mol. The number of nitrogens with zero attached hydrogens (tertiary/aromatic N) is 3. The molecule has 0 saturated heterocycles. The van der Waals surface area contributed by atoms with E-state index in [1.807, 2.05) is 16.4 Å². The summed E-state index contributed by atoms with van der Waals surface area (Å²) in [5.74, 6) is 0. The summed E-state index contributed by atoms with van der Waals surface area (Å²) in [4.78, 5) is 1.41. The summed E-state index contributed by atoms with van der Waals surface area (Å²) in [5, 5.41) is 8.97. The number of hydrogen-bond donors (Lipinski definition) is 1. The lowest BCUT2D eigenvalue weighted by molar-refractivity contribution is 0.572. The average Bonchev–Trinajstić information content (AvgIpc) is 3.02. The van der Waals surface area contributed by atoms with E-state index in [-0.39, 0.29) is 0 Å². The van der Waals surface area contributed by atoms with Crippen LogP contribution in [0.2, 0.25) is 0 Å². The van der Waals surface area contributed by atoms with Gasteiger partial charge in [-0.25, -0.2) is 0 Å². The maximum Gasteiger partial charge on any atom is 0.0827 e. The van der Waals surface area contributed by atoms with Crippen molar-refractivity contribution >= 4 is 11.8 Å². The van der Waals surface area contributed by atoms with Gasteiger partial charge in [0.25, 0.3) is 0 Å². The van der Waals surface area contributed by atoms with Gasteiger partial charge in [-0.2, -0.15) is 0 Å². The maximum atomic E-state index is 5.51. The summed E-state index contributed by atoms with van der Waals surface area (Å²) in [6.07, 6.45) is 5.08. The number of benzene rings is 1. The Morgan fingerprint density at radius 3 is 3.11 bits per heavy atom. The summed E-state index contributed by atoms with van der Waals surface area (Å²) in [5.41, 5.74) is 8.01. The Hall–Kier alpha value is -1.33. The molecule has 1 unspecified atom stereocenters. The third kappa shape index (κ3) is 2.98. The minimum atomic E-state index is 0.571. The largest absolute Gasteiger partial charge is 0.330 e. The van der Waals surface area contributed by atoms with E-state index in [4.69, 9.17) is 5.73 Å². The number of rotatable bonds is 5. The Bertz CT molecular complexity index is 527. The van der Waals surface area contributed by atoms with E-state index in [1.165, 1.54) is 10.5 Å². The molecule has 0 fully saturated rings. The second-order valence-electron chi connectivity index (χ2n) is 4.88. The van der Waals surface area contributed by atoms with Crippen LogP contribution in [-0.4, -0.2) is 26.8 Å². The van der Waals surface area contributed by atoms with Crippen LogP contribution in [0.4, 0.5) is 0 Å². The molecule has 1 aliphatic heterocycles. The molecule has 2 aromatic rings. The fourth-order valence-corrected chi connectivity index (χ4v) is 3.70. The van der Waals surface area contributed by atoms with Crippen LogP contribution in [0.25, 0.3) is 0 Å². The average molecular weight is 274 g/mol. The zero-order valence-corrected chi connectivity index (χ0v) is 11.6. The molecule has 2 heterocycles. The van der Waals surface area contributed by atoms with Crippen LogP contribution in [0, 0.1) is 0 Å². The van der Waals surface area contributed by atoms with Crippen LogP contribution in [0.5, 0.6) is 0 Å². The molecule has 0 bridgehead atoms. The van der Waals surface area contributed by atoms with Crippen LogP contribution >= 0.6 is 11.8 Å². The van der Waals surface area contributed by atoms with Gasteiger partial charge in [-0.3, -0.25) is 4.68 Å². The molecular formula is C14H18N4S. The summed E-state index contributed by atoms with van der Waals surface area (Å²) < 4.78 is 1.97. The minimum Gasteiger partial charge on any atom is -0.330 e. The third-order valence-electron chi connectivity index (χ3n) is 3.33. The molecule has 2 N–H and O–H groups in total. The van der Waals surface area contributed by atoms with Crippen LogP contribution in [0.15, 0.2) is 35.4 Å². The van der Waals surface area contributed by atoms with Crippen LogP contribution < -0.4 is 5.73 Å². The highest BCUT2D eigenvalue weighted by atomic mass is 32.2. The van der Waals surface area contributed by atoms with Crippen molar-refractivity contribution in [1.82, 2.24) is 15.0 Å². The molecule has 4 nitrogen and oxygen atoms in total. The van der Waals surface area contributed by atoms with Crippen molar-refractivity contribution in [2.45, 2.75) is 36.0 Å². The first-order chi connectivity index (χ1) is 9.35. The molecule has 1 atom stereocenters. The first-order valence-corrected chi connectivity index (χ1v) is 7.57. The van der Waals surface area contributed by atoms with Crippen molar-refractivity contribution in [1.29, 1.82) is 0 Å². The molecule has 19 heavy (non-hydrogen) atoms. The highest BCUT2D eigenvalue weighted by Gasteiger charge is 2.22. The highest BCUT2D eigenvalue weighted by Crippen LogP contribution is 2.37. The maximum absolute atomic E-state index is 5.51. The summed E-state index contributed by atoms with van der Waals surface area (Å²) in [6, 6.07) is 8.64. The first kappa shape index (κ1) is 12.7. The van der Waals surface area contributed by atoms with E-state index in [0.717, 1.165) is 31.5 Å². The molecule has 1 aromatic carbocycles. The van der Waals surface area contributed by atoms with Crippen molar-refractivity contribution in [3.8, 4) is 0 Å². The van der Waals surface area contributed by atoms with E-state index in [1.54, 1.807) is 0 Å². The van der Waals surface area contributed by atoms with Gasteiger partial charge < -0.3 is 5.73 Å². The highest BCUT2D eigenvalue weighted by molar-refractivity contribution is 8.00. The zero-order chi connectivity index (χ0) is 13.1. The van der Waals surface area contributed by atoms with E-state index in [0.29, 0.717) is 11.8 Å². The first-order valence-electron chi connectivity index (χ1n) is 6.69. The number of hydrogen-bond acceptors (Lipinski definition) is 4. The molecular weight excluding hydrogens is 256 g/mol. The lowest BCUT2D eigenvalue weighted by Crippen LogP contribution is -2.12. The van der Waals surface area contributed by atoms with E-state index < -0.39 is 0 Å². The van der Waals surface area contributed by atoms with Gasteiger partial charge in [0.2, 0.25) is 0 Å². The van der Waals surface area contributed by atoms with E-state index in [2.05, 4.69) is 40.8 Å². The lowest BCUT2D eigenvalue weighted by atomic mass is 10.1. The summed E-state index contributed by atoms with van der Waals surface area (Å²) in [7, 11) is 0. The minimum absolute atomic E-state index is 0.571. The number of aromatic nitrogens is 3. The molecule has 0 radical (unpaired) electrons. The predicted octanol–water partition coefficient (Wildman–Crippen LogP) is 1.89. The van der Waals surface area contributed by atoms with Gasteiger partial charge in [0.1, 0.15) is 0 Å². The summed E-state index contributed by atoms with van der Waals surface area (Å²) in [6.45, 7) is 1.63. The molecule has 5 heteroatoms. The Balaban J connectivity index is 1.60. The van der Waals surface area contributed by atoms with Crippen molar-refractivity contribution in [3.05, 3.63) is 41.7 Å². The fourth-order valence-electron chi connectivity index (χ4n) is 2.39. The molecule has 0 saturated carbocycles. The summed E-state index contributed by atoms with van der Waals surface area (Å²) >= 11 is 1.95. The molecule has 3 rings (SSSR count). The SMILES string of the molecule is NCCCc1cn(CC2Cc3ccccc3S2)nn1. The number of fused-ring (bicyclic) bond motifs is 1. The Kier molecular flexibility index (Phi) is 3.84. The van der Waals surface area contributed by atoms with Crippen LogP contribution in [0.1, 0.15) is 17.7 Å². The van der Waals surface area contributed by atoms with Gasteiger partial charge in [0.05, 0.1) is 12.2 Å². The Morgan fingerprint density at radius 1 is 1.37 bits per heavy atom. The lowest BCUT2D eigenvalue weighted by Gasteiger charge is -2.06. The van der Waals surface area contributed by atoms with Crippen LogP contribution in [-0.2, 0) is 19.4 Å². The Labute approximate surface area is 117 Å². The quantitative estimate of drug-likeness (QED) is 0.904. The van der Waals surface area contributed by atoms with Gasteiger partial charge in [0, 0.05) is 16.3 Å². The van der Waals surface area contributed by atoms with Crippen molar-refractivity contribution in [2.75, 3.05) is 6.54 Å². The third-order valence-corrected chi connectivity index (χ3v) is 4.63. The zero-order valence-electron chi connectivity index (χ0n) is 10.8. The second kappa shape index (κ2) is 5.75. The second-order valence-corrected chi connectivity index (χ2v) is 6.22. The van der Waals surface area contributed by atoms with Gasteiger partial charge in [0.15, 0.2) is 0 Å². The fraction of sp³-hybridized carbons (Fsp3) is 0.429. The Morgan fingerprint density at radius 2 is 2.26 bits per heavy atom. The smallest absolute Gasteiger partial charge is 0.0827 e. The van der Waals surface area contributed by atoms with Crippen molar-refractivity contribution in [2.24, 2.45) is 5.73 Å². The molecule has 0 spiro atoms. The number of thioether (sulfide) groups is 1. The molecule has 1 aromatic heterocycles. The number of nitrogens with two attached hydrogens (primary N) is 1. The van der Waals surface area contributed by atoms with Gasteiger partial charge in [-0.15, -0.1) is 16.9 Å². The monoisotopic (exact) mass is 274 g/mol. The molecule has 100 valence electrons. The van der Waals surface area contributed by atoms with Crippen molar-refractivity contribution in [3.63, 3.8) is 0 Å². The van der Waals surface area contributed by atoms with Gasteiger partial charge in [-0.05, 0) is 37.4 Å². The van der Waals surface area contributed by atoms with E-state index in [9.17, 15) is 0 Å². The van der Waals surface area contributed by atoms with Gasteiger partial charge >= 0.3 is 0 Å².